The van der Waals surface area contributed by atoms with Crippen LogP contribution in [0.5, 0.6) is 11.5 Å². The Kier molecular flexibility index (Phi) is 15.0. The molecule has 1 unspecified atom stereocenters. The third-order valence-electron chi connectivity index (χ3n) is 11.2. The molecule has 4 aromatic carbocycles. The van der Waals surface area contributed by atoms with Gasteiger partial charge in [0.05, 0.1) is 26.1 Å². The highest BCUT2D eigenvalue weighted by molar-refractivity contribution is 8.00. The van der Waals surface area contributed by atoms with Crippen molar-refractivity contribution in [2.45, 2.75) is 67.3 Å². The number of amides is 1. The van der Waals surface area contributed by atoms with Crippen molar-refractivity contribution in [2.75, 3.05) is 47.3 Å². The first-order valence-electron chi connectivity index (χ1n) is 20.1. The SMILES string of the molecule is COc1ccc(C(OC[C@H]2S[C@@H](n3ccc(NC(=O)c4ccccc4)nc3=O)[C@H](O[Si](C)(C)C(C)(C)C)[C@@H]2OP(OC)N(C)C)(c2ccccc2)c2ccc(OC)cc2)cc1. The zero-order chi connectivity index (χ0) is 44.0. The smallest absolute Gasteiger partial charge is 0.350 e. The zero-order valence-electron chi connectivity index (χ0n) is 36.5. The topological polar surface area (TPSA) is 123 Å². The summed E-state index contributed by atoms with van der Waals surface area (Å²) in [6.45, 7) is 11.1. The number of aromatic nitrogens is 2. The Hall–Kier alpha value is -4.37. The number of thioether (sulfide) groups is 1. The van der Waals surface area contributed by atoms with Crippen LogP contribution in [0.15, 0.2) is 126 Å². The molecule has 324 valence electrons. The van der Waals surface area contributed by atoms with Gasteiger partial charge in [0, 0.05) is 18.9 Å². The molecule has 5 aromatic rings. The minimum atomic E-state index is -2.53. The van der Waals surface area contributed by atoms with Gasteiger partial charge in [-0.2, -0.15) is 4.98 Å². The standard InChI is InChI=1S/C46H57N4O8PSSi/c1-45(2,3)61(9,10)58-41-40(57-59(55-8)49(4)5)38(60-43(41)50-30-29-39(48-44(50)52)47-42(51)32-17-13-11-14-18-32)31-56-46(33-19-15-12-16-20-33,34-21-25-36(53-6)26-22-34)35-23-27-37(54-7)28-24-35/h11-30,38,40-41,43H,31H2,1-10H3,(H,47,48,51,52)/t38-,40-,41-,43-,59?/m1/s1. The maximum atomic E-state index is 14.2. The van der Waals surface area contributed by atoms with Crippen LogP contribution in [0.4, 0.5) is 5.82 Å². The van der Waals surface area contributed by atoms with Crippen LogP contribution >= 0.6 is 20.3 Å². The molecule has 1 fully saturated rings. The lowest BCUT2D eigenvalue weighted by Gasteiger charge is -2.42. The van der Waals surface area contributed by atoms with Crippen molar-refractivity contribution < 1.29 is 32.5 Å². The lowest BCUT2D eigenvalue weighted by atomic mass is 9.80. The first kappa shape index (κ1) is 46.1. The van der Waals surface area contributed by atoms with Gasteiger partial charge in [0.15, 0.2) is 8.32 Å². The molecule has 1 aromatic heterocycles. The average Bonchev–Trinajstić information content (AvgIpc) is 3.58. The molecule has 2 heterocycles. The molecule has 0 spiro atoms. The predicted molar refractivity (Wildman–Crippen MR) is 246 cm³/mol. The second kappa shape index (κ2) is 19.8. The highest BCUT2D eigenvalue weighted by Crippen LogP contribution is 2.54. The van der Waals surface area contributed by atoms with E-state index in [-0.39, 0.29) is 28.6 Å². The Bertz CT molecular complexity index is 2210. The van der Waals surface area contributed by atoms with Gasteiger partial charge in [-0.1, -0.05) is 93.6 Å². The van der Waals surface area contributed by atoms with Crippen LogP contribution in [-0.4, -0.2) is 87.9 Å². The van der Waals surface area contributed by atoms with Crippen LogP contribution < -0.4 is 20.5 Å². The Labute approximate surface area is 366 Å². The maximum Gasteiger partial charge on any atom is 0.350 e. The van der Waals surface area contributed by atoms with E-state index in [9.17, 15) is 9.59 Å². The summed E-state index contributed by atoms with van der Waals surface area (Å²) in [5.74, 6) is 1.22. The summed E-state index contributed by atoms with van der Waals surface area (Å²) < 4.78 is 42.4. The molecule has 1 aliphatic rings. The van der Waals surface area contributed by atoms with E-state index in [1.54, 1.807) is 74.2 Å². The lowest BCUT2D eigenvalue weighted by molar-refractivity contribution is -0.0183. The van der Waals surface area contributed by atoms with E-state index < -0.39 is 45.7 Å². The number of hydrogen-bond donors (Lipinski definition) is 1. The Morgan fingerprint density at radius 1 is 0.803 bits per heavy atom. The van der Waals surface area contributed by atoms with Gasteiger partial charge in [0.1, 0.15) is 40.5 Å². The molecule has 0 saturated carbocycles. The molecule has 0 radical (unpaired) electrons. The lowest BCUT2D eigenvalue weighted by Crippen LogP contribution is -2.50. The Morgan fingerprint density at radius 2 is 1.34 bits per heavy atom. The second-order valence-corrected chi connectivity index (χ2v) is 24.4. The number of carbonyl (C=O) groups is 1. The maximum absolute atomic E-state index is 14.2. The van der Waals surface area contributed by atoms with Gasteiger partial charge < -0.3 is 33.0 Å². The molecule has 1 amide bonds. The number of nitrogens with zero attached hydrogens (tertiary/aromatic N) is 3. The highest BCUT2D eigenvalue weighted by atomic mass is 32.2. The van der Waals surface area contributed by atoms with Crippen molar-refractivity contribution in [3.8, 4) is 11.5 Å². The van der Waals surface area contributed by atoms with Crippen molar-refractivity contribution in [1.29, 1.82) is 0 Å². The number of nitrogens with one attached hydrogen (secondary N) is 1. The van der Waals surface area contributed by atoms with E-state index in [1.807, 2.05) is 91.6 Å². The Morgan fingerprint density at radius 3 is 1.84 bits per heavy atom. The molecule has 15 heteroatoms. The van der Waals surface area contributed by atoms with Gasteiger partial charge in [-0.15, -0.1) is 11.8 Å². The molecule has 0 aliphatic carbocycles. The molecule has 6 rings (SSSR count). The first-order valence-corrected chi connectivity index (χ1v) is 25.1. The number of anilines is 1. The van der Waals surface area contributed by atoms with Crippen molar-refractivity contribution in [3.05, 3.63) is 154 Å². The molecular weight excluding hydrogens is 828 g/mol. The van der Waals surface area contributed by atoms with Crippen molar-refractivity contribution in [3.63, 3.8) is 0 Å². The largest absolute Gasteiger partial charge is 0.497 e. The fourth-order valence-electron chi connectivity index (χ4n) is 6.98. The van der Waals surface area contributed by atoms with E-state index in [4.69, 9.17) is 27.7 Å². The molecule has 1 N–H and O–H groups in total. The molecule has 61 heavy (non-hydrogen) atoms. The molecule has 1 aliphatic heterocycles. The second-order valence-electron chi connectivity index (χ2n) is 16.4. The van der Waals surface area contributed by atoms with E-state index in [2.05, 4.69) is 56.3 Å². The summed E-state index contributed by atoms with van der Waals surface area (Å²) in [4.78, 5) is 31.5. The molecule has 12 nitrogen and oxygen atoms in total. The summed E-state index contributed by atoms with van der Waals surface area (Å²) in [6.07, 6.45) is 0.434. The van der Waals surface area contributed by atoms with Crippen LogP contribution in [0.25, 0.3) is 0 Å². The number of methoxy groups -OCH3 is 2. The quantitative estimate of drug-likeness (QED) is 0.0546. The van der Waals surface area contributed by atoms with Gasteiger partial charge in [0.25, 0.3) is 14.4 Å². The van der Waals surface area contributed by atoms with Gasteiger partial charge >= 0.3 is 5.69 Å². The molecule has 1 saturated heterocycles. The first-order chi connectivity index (χ1) is 29.1. The highest BCUT2D eigenvalue weighted by Gasteiger charge is 2.53. The van der Waals surface area contributed by atoms with Crippen LogP contribution in [0.3, 0.4) is 0 Å². The summed E-state index contributed by atoms with van der Waals surface area (Å²) in [6, 6.07) is 36.4. The van der Waals surface area contributed by atoms with Crippen molar-refractivity contribution in [2.24, 2.45) is 0 Å². The average molecular weight is 885 g/mol. The normalized spacial score (nSPS) is 18.8. The number of carbonyl (C=O) groups excluding carboxylic acids is 1. The predicted octanol–water partition coefficient (Wildman–Crippen LogP) is 9.35. The zero-order valence-corrected chi connectivity index (χ0v) is 39.2. The van der Waals surface area contributed by atoms with Crippen LogP contribution in [0.2, 0.25) is 18.1 Å². The summed E-state index contributed by atoms with van der Waals surface area (Å²) in [5, 5.41) is 1.63. The number of hydrogen-bond acceptors (Lipinski definition) is 11. The Balaban J connectivity index is 1.47. The summed E-state index contributed by atoms with van der Waals surface area (Å²) in [7, 11) is 4.68. The minimum absolute atomic E-state index is 0.148. The minimum Gasteiger partial charge on any atom is -0.497 e. The fourth-order valence-corrected chi connectivity index (χ4v) is 11.1. The molecule has 5 atom stereocenters. The molecular formula is C46H57N4O8PSSi. The fraction of sp³-hybridized carbons (Fsp3) is 0.370. The monoisotopic (exact) mass is 884 g/mol. The van der Waals surface area contributed by atoms with Gasteiger partial charge in [0.2, 0.25) is 0 Å². The summed E-state index contributed by atoms with van der Waals surface area (Å²) in [5.41, 5.74) is 1.50. The van der Waals surface area contributed by atoms with Crippen LogP contribution in [-0.2, 0) is 23.8 Å². The van der Waals surface area contributed by atoms with Crippen molar-refractivity contribution >= 4 is 40.3 Å². The third kappa shape index (κ3) is 10.3. The number of rotatable bonds is 17. The van der Waals surface area contributed by atoms with E-state index in [0.717, 1.165) is 28.2 Å². The van der Waals surface area contributed by atoms with E-state index >= 15 is 0 Å². The van der Waals surface area contributed by atoms with Gasteiger partial charge in [-0.25, -0.2) is 9.46 Å². The van der Waals surface area contributed by atoms with Crippen LogP contribution in [0.1, 0.15) is 53.2 Å². The summed E-state index contributed by atoms with van der Waals surface area (Å²) >= 11 is 1.54. The van der Waals surface area contributed by atoms with Gasteiger partial charge in [-0.3, -0.25) is 9.36 Å². The van der Waals surface area contributed by atoms with Gasteiger partial charge in [-0.05, 0) is 91.4 Å². The van der Waals surface area contributed by atoms with Crippen LogP contribution in [0, 0.1) is 0 Å². The molecule has 0 bridgehead atoms. The third-order valence-corrected chi connectivity index (χ3v) is 18.6. The van der Waals surface area contributed by atoms with Crippen molar-refractivity contribution in [1.82, 2.24) is 14.2 Å². The van der Waals surface area contributed by atoms with E-state index in [1.165, 1.54) is 0 Å². The number of benzene rings is 4. The number of ether oxygens (including phenoxy) is 3. The van der Waals surface area contributed by atoms with E-state index in [0.29, 0.717) is 5.56 Å².